The quantitative estimate of drug-likeness (QED) is 0.744. The third-order valence-electron chi connectivity index (χ3n) is 4.77. The van der Waals surface area contributed by atoms with Gasteiger partial charge in [0.1, 0.15) is 22.4 Å². The van der Waals surface area contributed by atoms with Crippen LogP contribution in [0.1, 0.15) is 12.8 Å². The molecule has 2 saturated heterocycles. The summed E-state index contributed by atoms with van der Waals surface area (Å²) in [5.41, 5.74) is 0. The molecule has 1 amide bonds. The number of rotatable bonds is 5. The van der Waals surface area contributed by atoms with Crippen LogP contribution in [0.3, 0.4) is 0 Å². The van der Waals surface area contributed by atoms with Crippen molar-refractivity contribution in [3.05, 3.63) is 18.2 Å². The number of carbonyl (C=O) groups is 1. The monoisotopic (exact) mass is 384 g/mol. The van der Waals surface area contributed by atoms with Crippen molar-refractivity contribution in [1.82, 2.24) is 9.21 Å². The van der Waals surface area contributed by atoms with E-state index in [-0.39, 0.29) is 16.6 Å². The van der Waals surface area contributed by atoms with E-state index in [0.29, 0.717) is 51.4 Å². The van der Waals surface area contributed by atoms with Crippen LogP contribution in [0, 0.1) is 0 Å². The molecule has 0 spiro atoms. The average molecular weight is 384 g/mol. The van der Waals surface area contributed by atoms with Crippen molar-refractivity contribution in [1.29, 1.82) is 0 Å². The number of ether oxygens (including phenoxy) is 3. The van der Waals surface area contributed by atoms with E-state index in [0.717, 1.165) is 0 Å². The van der Waals surface area contributed by atoms with Crippen LogP contribution >= 0.6 is 0 Å². The van der Waals surface area contributed by atoms with Crippen LogP contribution in [-0.4, -0.2) is 76.6 Å². The molecule has 0 saturated carbocycles. The first-order chi connectivity index (χ1) is 12.5. The summed E-state index contributed by atoms with van der Waals surface area (Å²) in [7, 11) is -1.01. The first-order valence-corrected chi connectivity index (χ1v) is 10.0. The molecule has 2 fully saturated rings. The Balaban J connectivity index is 1.91. The number of nitrogens with zero attached hydrogens (tertiary/aromatic N) is 2. The summed E-state index contributed by atoms with van der Waals surface area (Å²) in [4.78, 5) is 14.6. The van der Waals surface area contributed by atoms with Crippen LogP contribution in [0.5, 0.6) is 11.5 Å². The first-order valence-electron chi connectivity index (χ1n) is 8.59. The zero-order valence-corrected chi connectivity index (χ0v) is 15.8. The van der Waals surface area contributed by atoms with Gasteiger partial charge in [-0.2, -0.15) is 4.31 Å². The topological polar surface area (TPSA) is 85.4 Å². The van der Waals surface area contributed by atoms with Crippen molar-refractivity contribution in [2.75, 3.05) is 47.1 Å². The van der Waals surface area contributed by atoms with Crippen LogP contribution in [-0.2, 0) is 19.6 Å². The van der Waals surface area contributed by atoms with Gasteiger partial charge in [-0.3, -0.25) is 4.79 Å². The van der Waals surface area contributed by atoms with Gasteiger partial charge in [0.25, 0.3) is 0 Å². The normalized spacial score (nSPS) is 21.6. The minimum absolute atomic E-state index is 0.0148. The Hall–Kier alpha value is -1.84. The molecule has 0 radical (unpaired) electrons. The van der Waals surface area contributed by atoms with E-state index >= 15 is 0 Å². The summed E-state index contributed by atoms with van der Waals surface area (Å²) >= 11 is 0. The fourth-order valence-electron chi connectivity index (χ4n) is 3.38. The molecular weight excluding hydrogens is 360 g/mol. The molecule has 9 heteroatoms. The van der Waals surface area contributed by atoms with Crippen LogP contribution < -0.4 is 9.47 Å². The van der Waals surface area contributed by atoms with Crippen molar-refractivity contribution in [3.63, 3.8) is 0 Å². The van der Waals surface area contributed by atoms with E-state index in [2.05, 4.69) is 0 Å². The van der Waals surface area contributed by atoms with Gasteiger partial charge >= 0.3 is 0 Å². The van der Waals surface area contributed by atoms with Gasteiger partial charge in [0.15, 0.2) is 0 Å². The maximum absolute atomic E-state index is 13.3. The minimum Gasteiger partial charge on any atom is -0.497 e. The Morgan fingerprint density at radius 2 is 1.88 bits per heavy atom. The molecule has 0 aromatic heterocycles. The zero-order valence-electron chi connectivity index (χ0n) is 15.0. The molecule has 0 N–H and O–H groups in total. The number of amides is 1. The standard InChI is InChI=1S/C17H24N2O6S/c1-23-13-5-6-15(24-2)16(12-13)26(21,22)19-7-3-4-14(19)17(20)18-8-10-25-11-9-18/h5-6,12,14H,3-4,7-11H2,1-2H3/t14-/m1/s1. The Morgan fingerprint density at radius 3 is 2.54 bits per heavy atom. The highest BCUT2D eigenvalue weighted by Crippen LogP contribution is 2.34. The molecule has 2 aliphatic rings. The lowest BCUT2D eigenvalue weighted by Crippen LogP contribution is -2.51. The lowest BCUT2D eigenvalue weighted by Gasteiger charge is -2.32. The summed E-state index contributed by atoms with van der Waals surface area (Å²) in [5, 5.41) is 0. The highest BCUT2D eigenvalue weighted by Gasteiger charge is 2.42. The summed E-state index contributed by atoms with van der Waals surface area (Å²) in [6.07, 6.45) is 1.16. The van der Waals surface area contributed by atoms with Gasteiger partial charge in [-0.1, -0.05) is 0 Å². The highest BCUT2D eigenvalue weighted by molar-refractivity contribution is 7.89. The molecule has 8 nitrogen and oxygen atoms in total. The van der Waals surface area contributed by atoms with E-state index in [1.54, 1.807) is 17.0 Å². The second kappa shape index (κ2) is 7.81. The maximum Gasteiger partial charge on any atom is 0.247 e. The van der Waals surface area contributed by atoms with E-state index < -0.39 is 16.1 Å². The van der Waals surface area contributed by atoms with Gasteiger partial charge in [0, 0.05) is 25.7 Å². The molecule has 0 bridgehead atoms. The van der Waals surface area contributed by atoms with Gasteiger partial charge in [-0.15, -0.1) is 0 Å². The van der Waals surface area contributed by atoms with E-state index in [9.17, 15) is 13.2 Å². The third kappa shape index (κ3) is 3.51. The molecule has 1 atom stereocenters. The molecule has 3 rings (SSSR count). The number of morpholine rings is 1. The number of hydrogen-bond acceptors (Lipinski definition) is 6. The van der Waals surface area contributed by atoms with Gasteiger partial charge in [0.05, 0.1) is 27.4 Å². The Morgan fingerprint density at radius 1 is 1.15 bits per heavy atom. The summed E-state index contributed by atoms with van der Waals surface area (Å²) in [5.74, 6) is 0.492. The van der Waals surface area contributed by atoms with Crippen LogP contribution in [0.4, 0.5) is 0 Å². The van der Waals surface area contributed by atoms with E-state index in [1.165, 1.54) is 24.6 Å². The predicted molar refractivity (Wildman–Crippen MR) is 93.9 cm³/mol. The fourth-order valence-corrected chi connectivity index (χ4v) is 5.20. The first kappa shape index (κ1) is 18.9. The lowest BCUT2D eigenvalue weighted by molar-refractivity contribution is -0.138. The van der Waals surface area contributed by atoms with Crippen molar-refractivity contribution in [2.24, 2.45) is 0 Å². The van der Waals surface area contributed by atoms with Crippen LogP contribution in [0.15, 0.2) is 23.1 Å². The zero-order chi connectivity index (χ0) is 18.7. The number of hydrogen-bond donors (Lipinski definition) is 0. The maximum atomic E-state index is 13.3. The van der Waals surface area contributed by atoms with Gasteiger partial charge in [-0.05, 0) is 25.0 Å². The van der Waals surface area contributed by atoms with Crippen LogP contribution in [0.25, 0.3) is 0 Å². The van der Waals surface area contributed by atoms with Crippen LogP contribution in [0.2, 0.25) is 0 Å². The molecule has 1 aromatic carbocycles. The van der Waals surface area contributed by atoms with E-state index in [4.69, 9.17) is 14.2 Å². The molecule has 2 heterocycles. The molecule has 2 aliphatic heterocycles. The molecule has 1 aromatic rings. The average Bonchev–Trinajstić information content (AvgIpc) is 3.18. The number of benzene rings is 1. The minimum atomic E-state index is -3.90. The Labute approximate surface area is 153 Å². The van der Waals surface area contributed by atoms with Gasteiger partial charge < -0.3 is 19.1 Å². The second-order valence-electron chi connectivity index (χ2n) is 6.23. The van der Waals surface area contributed by atoms with Crippen molar-refractivity contribution < 1.29 is 27.4 Å². The van der Waals surface area contributed by atoms with E-state index in [1.807, 2.05) is 0 Å². The molecule has 144 valence electrons. The SMILES string of the molecule is COc1ccc(OC)c(S(=O)(=O)N2CCC[C@@H]2C(=O)N2CCOCC2)c1. The molecule has 0 aliphatic carbocycles. The second-order valence-corrected chi connectivity index (χ2v) is 8.09. The molecule has 26 heavy (non-hydrogen) atoms. The largest absolute Gasteiger partial charge is 0.497 e. The number of sulfonamides is 1. The number of methoxy groups -OCH3 is 2. The third-order valence-corrected chi connectivity index (χ3v) is 6.70. The highest BCUT2D eigenvalue weighted by atomic mass is 32.2. The van der Waals surface area contributed by atoms with Crippen molar-refractivity contribution in [3.8, 4) is 11.5 Å². The van der Waals surface area contributed by atoms with Crippen molar-refractivity contribution in [2.45, 2.75) is 23.8 Å². The molecular formula is C17H24N2O6S. The predicted octanol–water partition coefficient (Wildman–Crippen LogP) is 0.716. The summed E-state index contributed by atoms with van der Waals surface area (Å²) in [6.45, 7) is 2.25. The lowest BCUT2D eigenvalue weighted by atomic mass is 10.2. The Kier molecular flexibility index (Phi) is 5.69. The fraction of sp³-hybridized carbons (Fsp3) is 0.588. The summed E-state index contributed by atoms with van der Waals surface area (Å²) in [6, 6.07) is 3.94. The number of carbonyl (C=O) groups excluding carboxylic acids is 1. The van der Waals surface area contributed by atoms with Gasteiger partial charge in [0.2, 0.25) is 15.9 Å². The van der Waals surface area contributed by atoms with Crippen molar-refractivity contribution >= 4 is 15.9 Å². The Bertz CT molecular complexity index is 761. The summed E-state index contributed by atoms with van der Waals surface area (Å²) < 4.78 is 43.5. The molecule has 0 unspecified atom stereocenters. The smallest absolute Gasteiger partial charge is 0.247 e. The van der Waals surface area contributed by atoms with Gasteiger partial charge in [-0.25, -0.2) is 8.42 Å².